The highest BCUT2D eigenvalue weighted by molar-refractivity contribution is 7.87. The van der Waals surface area contributed by atoms with Crippen LogP contribution in [-0.2, 0) is 23.8 Å². The van der Waals surface area contributed by atoms with Crippen molar-refractivity contribution < 1.29 is 36.7 Å². The Labute approximate surface area is 79.3 Å². The van der Waals surface area contributed by atoms with Crippen molar-refractivity contribution in [3.63, 3.8) is 0 Å². The Morgan fingerprint density at radius 2 is 2.00 bits per heavy atom. The molecule has 0 aromatic heterocycles. The molecule has 0 amide bonds. The Morgan fingerprint density at radius 1 is 1.50 bits per heavy atom. The number of carbonyl (C=O) groups is 1. The molecule has 0 aliphatic rings. The van der Waals surface area contributed by atoms with Crippen LogP contribution in [0.2, 0.25) is 0 Å². The van der Waals surface area contributed by atoms with Crippen molar-refractivity contribution in [2.75, 3.05) is 7.11 Å². The molecule has 0 bridgehead atoms. The van der Waals surface area contributed by atoms with Crippen LogP contribution in [0.25, 0.3) is 0 Å². The molecule has 0 aliphatic heterocycles. The van der Waals surface area contributed by atoms with Gasteiger partial charge in [0.1, 0.15) is 0 Å². The van der Waals surface area contributed by atoms with E-state index in [9.17, 15) is 26.4 Å². The van der Waals surface area contributed by atoms with Gasteiger partial charge < -0.3 is 4.74 Å². The third-order valence-electron chi connectivity index (χ3n) is 0.990. The Kier molecular flexibility index (Phi) is 3.32. The Hall–Kier alpha value is -0.830. The van der Waals surface area contributed by atoms with E-state index in [-0.39, 0.29) is 0 Å². The fraction of sp³-hybridized carbons (Fsp3) is 0.800. The molecular formula is C5H7F3O5S. The number of hydrogen-bond acceptors (Lipinski definition) is 5. The number of ether oxygens (including phenoxy) is 1. The number of esters is 1. The molecule has 1 atom stereocenters. The van der Waals surface area contributed by atoms with Crippen molar-refractivity contribution in [1.82, 2.24) is 0 Å². The molecule has 0 fully saturated rings. The molecule has 5 nitrogen and oxygen atoms in total. The molecule has 0 rings (SSSR count). The summed E-state index contributed by atoms with van der Waals surface area (Å²) in [6.07, 6.45) is -2.11. The third-order valence-corrected chi connectivity index (χ3v) is 2.04. The Bertz CT molecular complexity index is 324. The third kappa shape index (κ3) is 3.14. The van der Waals surface area contributed by atoms with Gasteiger partial charge in [0.05, 0.1) is 7.11 Å². The van der Waals surface area contributed by atoms with Crippen molar-refractivity contribution in [2.24, 2.45) is 0 Å². The molecule has 0 N–H and O–H groups in total. The standard InChI is InChI=1S/C5H7F3O5S/c1-3(4(9)12-2)13-14(10,11)5(6,7)8/h3H,1-2H3/t3-/m1/s1/i1D. The van der Waals surface area contributed by atoms with E-state index in [1.807, 2.05) is 0 Å². The summed E-state index contributed by atoms with van der Waals surface area (Å²) in [5.41, 5.74) is -5.63. The maximum absolute atomic E-state index is 11.8. The summed E-state index contributed by atoms with van der Waals surface area (Å²) >= 11 is 0. The van der Waals surface area contributed by atoms with Crippen LogP contribution in [0.1, 0.15) is 8.27 Å². The second-order valence-corrected chi connectivity index (χ2v) is 3.57. The molecule has 0 aliphatic carbocycles. The van der Waals surface area contributed by atoms with Gasteiger partial charge in [-0.2, -0.15) is 21.6 Å². The summed E-state index contributed by atoms with van der Waals surface area (Å²) in [4.78, 5) is 10.6. The predicted molar refractivity (Wildman–Crippen MR) is 37.5 cm³/mol. The van der Waals surface area contributed by atoms with Gasteiger partial charge in [0.15, 0.2) is 6.10 Å². The number of rotatable bonds is 3. The molecule has 14 heavy (non-hydrogen) atoms. The van der Waals surface area contributed by atoms with E-state index < -0.39 is 34.6 Å². The van der Waals surface area contributed by atoms with E-state index in [2.05, 4.69) is 8.92 Å². The van der Waals surface area contributed by atoms with Crippen LogP contribution < -0.4 is 0 Å². The molecule has 0 saturated heterocycles. The first-order valence-electron chi connectivity index (χ1n) is 3.73. The summed E-state index contributed by atoms with van der Waals surface area (Å²) in [6, 6.07) is 0. The van der Waals surface area contributed by atoms with Gasteiger partial charge in [-0.25, -0.2) is 8.98 Å². The zero-order valence-electron chi connectivity index (χ0n) is 7.87. The molecule has 9 heteroatoms. The Balaban J connectivity index is 4.79. The largest absolute Gasteiger partial charge is 0.523 e. The molecule has 0 spiro atoms. The predicted octanol–water partition coefficient (Wildman–Crippen LogP) is 0.414. The average molecular weight is 237 g/mol. The normalized spacial score (nSPS) is 15.9. The van der Waals surface area contributed by atoms with Crippen LogP contribution in [0, 0.1) is 0 Å². The van der Waals surface area contributed by atoms with E-state index in [4.69, 9.17) is 1.37 Å². The fourth-order valence-corrected chi connectivity index (χ4v) is 0.872. The van der Waals surface area contributed by atoms with Crippen LogP contribution in [0.4, 0.5) is 13.2 Å². The van der Waals surface area contributed by atoms with Crippen molar-refractivity contribution in [3.8, 4) is 0 Å². The van der Waals surface area contributed by atoms with Crippen molar-refractivity contribution in [2.45, 2.75) is 18.5 Å². The van der Waals surface area contributed by atoms with Gasteiger partial charge in [-0.3, -0.25) is 0 Å². The summed E-state index contributed by atoms with van der Waals surface area (Å²) in [5.74, 6) is -1.36. The lowest BCUT2D eigenvalue weighted by atomic mass is 10.4. The maximum Gasteiger partial charge on any atom is 0.523 e. The summed E-state index contributed by atoms with van der Waals surface area (Å²) in [6.45, 7) is -0.998. The van der Waals surface area contributed by atoms with E-state index in [0.29, 0.717) is 0 Å². The first-order valence-corrected chi connectivity index (χ1v) is 4.43. The van der Waals surface area contributed by atoms with Crippen LogP contribution in [0.3, 0.4) is 0 Å². The molecule has 0 radical (unpaired) electrons. The number of hydrogen-bond donors (Lipinski definition) is 0. The lowest BCUT2D eigenvalue weighted by molar-refractivity contribution is -0.148. The highest BCUT2D eigenvalue weighted by Gasteiger charge is 2.49. The van der Waals surface area contributed by atoms with Crippen LogP contribution in [-0.4, -0.2) is 33.1 Å². The second kappa shape index (κ2) is 4.13. The zero-order chi connectivity index (χ0) is 12.3. The Morgan fingerprint density at radius 3 is 2.29 bits per heavy atom. The molecule has 0 heterocycles. The van der Waals surface area contributed by atoms with E-state index in [1.165, 1.54) is 0 Å². The quantitative estimate of drug-likeness (QED) is 0.404. The minimum absolute atomic E-state index is 0.828. The SMILES string of the molecule is [2H]C[C@@H](OS(=O)(=O)C(F)(F)F)C(=O)OC. The maximum atomic E-state index is 11.8. The van der Waals surface area contributed by atoms with E-state index in [0.717, 1.165) is 7.11 Å². The van der Waals surface area contributed by atoms with Crippen molar-refractivity contribution in [3.05, 3.63) is 0 Å². The van der Waals surface area contributed by atoms with Gasteiger partial charge in [0.25, 0.3) is 0 Å². The summed E-state index contributed by atoms with van der Waals surface area (Å²) < 4.78 is 70.2. The number of alkyl halides is 3. The number of halogens is 3. The van der Waals surface area contributed by atoms with Crippen LogP contribution in [0.5, 0.6) is 0 Å². The molecular weight excluding hydrogens is 229 g/mol. The average Bonchev–Trinajstić information content (AvgIpc) is 2.11. The van der Waals surface area contributed by atoms with Gasteiger partial charge in [0, 0.05) is 1.37 Å². The first kappa shape index (κ1) is 11.2. The molecule has 0 aromatic rings. The molecule has 0 unspecified atom stereocenters. The van der Waals surface area contributed by atoms with E-state index in [1.54, 1.807) is 0 Å². The minimum atomic E-state index is -5.88. The molecule has 84 valence electrons. The van der Waals surface area contributed by atoms with Gasteiger partial charge >= 0.3 is 21.6 Å². The minimum Gasteiger partial charge on any atom is -0.467 e. The smallest absolute Gasteiger partial charge is 0.467 e. The highest BCUT2D eigenvalue weighted by Crippen LogP contribution is 2.25. The van der Waals surface area contributed by atoms with Crippen LogP contribution in [0.15, 0.2) is 0 Å². The molecule has 0 saturated carbocycles. The topological polar surface area (TPSA) is 69.7 Å². The lowest BCUT2D eigenvalue weighted by Crippen LogP contribution is -2.33. The monoisotopic (exact) mass is 237 g/mol. The van der Waals surface area contributed by atoms with Crippen LogP contribution >= 0.6 is 0 Å². The van der Waals surface area contributed by atoms with Gasteiger partial charge in [-0.15, -0.1) is 0 Å². The summed E-state index contributed by atoms with van der Waals surface area (Å²) in [5, 5.41) is 0. The lowest BCUT2D eigenvalue weighted by Gasteiger charge is -2.12. The fourth-order valence-electron chi connectivity index (χ4n) is 0.378. The first-order chi connectivity index (χ1) is 6.65. The van der Waals surface area contributed by atoms with Gasteiger partial charge in [-0.05, 0) is 6.90 Å². The summed E-state index contributed by atoms with van der Waals surface area (Å²) in [7, 11) is -5.06. The van der Waals surface area contributed by atoms with Crippen molar-refractivity contribution in [1.29, 1.82) is 0 Å². The van der Waals surface area contributed by atoms with Gasteiger partial charge in [0.2, 0.25) is 0 Å². The second-order valence-electron chi connectivity index (χ2n) is 2.01. The zero-order valence-corrected chi connectivity index (χ0v) is 7.68. The van der Waals surface area contributed by atoms with Crippen molar-refractivity contribution >= 4 is 16.1 Å². The number of carbonyl (C=O) groups excluding carboxylic acids is 1. The van der Waals surface area contributed by atoms with E-state index >= 15 is 0 Å². The number of methoxy groups -OCH3 is 1. The highest BCUT2D eigenvalue weighted by atomic mass is 32.2. The molecule has 0 aromatic carbocycles. The van der Waals surface area contributed by atoms with Gasteiger partial charge in [-0.1, -0.05) is 0 Å².